The first-order valence-electron chi connectivity index (χ1n) is 9.98. The van der Waals surface area contributed by atoms with Crippen molar-refractivity contribution in [2.45, 2.75) is 6.42 Å². The third kappa shape index (κ3) is 3.65. The smallest absolute Gasteiger partial charge is 0.292 e. The molecule has 5 aromatic rings. The number of nitrogen functional groups attached to an aromatic ring is 1. The lowest BCUT2D eigenvalue weighted by Gasteiger charge is -2.13. The topological polar surface area (TPSA) is 101 Å². The van der Waals surface area contributed by atoms with E-state index < -0.39 is 0 Å². The molecule has 5 rings (SSSR count). The minimum atomic E-state index is 0.151. The molecule has 3 aromatic carbocycles. The van der Waals surface area contributed by atoms with Gasteiger partial charge in [-0.05, 0) is 47.4 Å². The molecule has 0 radical (unpaired) electrons. The molecule has 6 heteroatoms. The summed E-state index contributed by atoms with van der Waals surface area (Å²) < 4.78 is 5.37. The van der Waals surface area contributed by atoms with Crippen LogP contribution in [0.5, 0.6) is 0 Å². The van der Waals surface area contributed by atoms with Crippen LogP contribution in [0, 0.1) is 11.3 Å². The van der Waals surface area contributed by atoms with E-state index in [0.717, 1.165) is 34.1 Å². The highest BCUT2D eigenvalue weighted by atomic mass is 16.4. The fourth-order valence-corrected chi connectivity index (χ4v) is 3.75. The molecule has 0 saturated carbocycles. The van der Waals surface area contributed by atoms with Gasteiger partial charge in [0.1, 0.15) is 11.6 Å². The number of anilines is 2. The number of oxazole rings is 1. The molecule has 6 nitrogen and oxygen atoms in total. The van der Waals surface area contributed by atoms with Crippen LogP contribution in [-0.4, -0.2) is 16.5 Å². The van der Waals surface area contributed by atoms with Crippen molar-refractivity contribution < 1.29 is 4.42 Å². The summed E-state index contributed by atoms with van der Waals surface area (Å²) in [7, 11) is 0. The van der Waals surface area contributed by atoms with Crippen molar-refractivity contribution in [2.75, 3.05) is 17.6 Å². The van der Waals surface area contributed by atoms with Gasteiger partial charge in [0, 0.05) is 18.1 Å². The van der Waals surface area contributed by atoms with Crippen LogP contribution < -0.4 is 11.1 Å². The van der Waals surface area contributed by atoms with Crippen LogP contribution in [0.4, 0.5) is 11.7 Å². The summed E-state index contributed by atoms with van der Waals surface area (Å²) in [5.74, 6) is 0. The monoisotopic (exact) mass is 405 g/mol. The molecule has 3 N–H and O–H groups in total. The zero-order valence-corrected chi connectivity index (χ0v) is 16.7. The van der Waals surface area contributed by atoms with Crippen molar-refractivity contribution in [3.8, 4) is 17.2 Å². The van der Waals surface area contributed by atoms with Gasteiger partial charge in [0.05, 0.1) is 16.8 Å². The van der Waals surface area contributed by atoms with Crippen molar-refractivity contribution in [1.82, 2.24) is 9.97 Å². The number of fused-ring (bicyclic) bond motifs is 2. The fraction of sp³-hybridized carbons (Fsp3) is 0.0800. The minimum Gasteiger partial charge on any atom is -0.424 e. The van der Waals surface area contributed by atoms with Gasteiger partial charge in [0.2, 0.25) is 0 Å². The highest BCUT2D eigenvalue weighted by Crippen LogP contribution is 2.32. The molecule has 150 valence electrons. The van der Waals surface area contributed by atoms with Crippen molar-refractivity contribution >= 4 is 33.7 Å². The highest BCUT2D eigenvalue weighted by Gasteiger charge is 2.11. The molecule has 0 amide bonds. The van der Waals surface area contributed by atoms with Gasteiger partial charge < -0.3 is 15.5 Å². The number of hydrogen-bond donors (Lipinski definition) is 2. The maximum atomic E-state index is 9.64. The molecule has 0 aliphatic heterocycles. The first-order valence-corrected chi connectivity index (χ1v) is 9.98. The van der Waals surface area contributed by atoms with Crippen LogP contribution in [0.1, 0.15) is 11.1 Å². The minimum absolute atomic E-state index is 0.151. The first kappa shape index (κ1) is 18.6. The SMILES string of the molecule is N#Cc1cnc2ccc(-c3ccc4oc(N)nc4c3)cc2c1NCCc1ccccc1. The van der Waals surface area contributed by atoms with Gasteiger partial charge in [-0.2, -0.15) is 10.2 Å². The average molecular weight is 405 g/mol. The van der Waals surface area contributed by atoms with E-state index in [1.54, 1.807) is 6.20 Å². The number of rotatable bonds is 5. The second kappa shape index (κ2) is 7.81. The van der Waals surface area contributed by atoms with Crippen LogP contribution in [0.25, 0.3) is 33.1 Å². The summed E-state index contributed by atoms with van der Waals surface area (Å²) in [5.41, 5.74) is 12.4. The summed E-state index contributed by atoms with van der Waals surface area (Å²) in [6.45, 7) is 0.714. The number of nitriles is 1. The standard InChI is InChI=1S/C25H19N5O/c26-14-19-15-29-21-8-6-17(18-7-9-23-22(13-18)30-25(27)31-23)12-20(21)24(19)28-11-10-16-4-2-1-3-5-16/h1-9,12-13,15H,10-11H2,(H2,27,30)(H,28,29). The Morgan fingerprint density at radius 3 is 2.61 bits per heavy atom. The molecule has 0 atom stereocenters. The zero-order chi connectivity index (χ0) is 21.2. The third-order valence-electron chi connectivity index (χ3n) is 5.28. The molecule has 31 heavy (non-hydrogen) atoms. The van der Waals surface area contributed by atoms with E-state index in [0.29, 0.717) is 23.2 Å². The Morgan fingerprint density at radius 1 is 0.968 bits per heavy atom. The van der Waals surface area contributed by atoms with Gasteiger partial charge in [-0.3, -0.25) is 4.98 Å². The summed E-state index contributed by atoms with van der Waals surface area (Å²) >= 11 is 0. The average Bonchev–Trinajstić information content (AvgIpc) is 3.18. The lowest BCUT2D eigenvalue weighted by atomic mass is 10.0. The Balaban J connectivity index is 1.52. The Morgan fingerprint density at radius 2 is 1.77 bits per heavy atom. The largest absolute Gasteiger partial charge is 0.424 e. The van der Waals surface area contributed by atoms with Crippen LogP contribution in [-0.2, 0) is 6.42 Å². The van der Waals surface area contributed by atoms with Gasteiger partial charge in [0.25, 0.3) is 6.01 Å². The van der Waals surface area contributed by atoms with Crippen molar-refractivity contribution in [3.63, 3.8) is 0 Å². The zero-order valence-electron chi connectivity index (χ0n) is 16.7. The third-order valence-corrected chi connectivity index (χ3v) is 5.28. The van der Waals surface area contributed by atoms with E-state index in [1.807, 2.05) is 48.5 Å². The lowest BCUT2D eigenvalue weighted by Crippen LogP contribution is -2.07. The number of benzene rings is 3. The van der Waals surface area contributed by atoms with Gasteiger partial charge in [-0.1, -0.05) is 42.5 Å². The quantitative estimate of drug-likeness (QED) is 0.419. The molecule has 0 aliphatic carbocycles. The number of aromatic nitrogens is 2. The molecular weight excluding hydrogens is 386 g/mol. The Labute approximate surface area is 179 Å². The van der Waals surface area contributed by atoms with Gasteiger partial charge in [-0.15, -0.1) is 0 Å². The highest BCUT2D eigenvalue weighted by molar-refractivity contribution is 5.97. The van der Waals surface area contributed by atoms with E-state index in [1.165, 1.54) is 5.56 Å². The van der Waals surface area contributed by atoms with Crippen molar-refractivity contribution in [2.24, 2.45) is 0 Å². The summed E-state index contributed by atoms with van der Waals surface area (Å²) in [5, 5.41) is 14.0. The van der Waals surface area contributed by atoms with Crippen molar-refractivity contribution in [3.05, 3.63) is 84.1 Å². The fourth-order valence-electron chi connectivity index (χ4n) is 3.75. The molecular formula is C25H19N5O. The van der Waals surface area contributed by atoms with Crippen LogP contribution in [0.15, 0.2) is 77.3 Å². The predicted octanol–water partition coefficient (Wildman–Crippen LogP) is 5.15. The van der Waals surface area contributed by atoms with E-state index in [4.69, 9.17) is 10.2 Å². The van der Waals surface area contributed by atoms with E-state index in [9.17, 15) is 5.26 Å². The number of pyridine rings is 1. The Hall–Kier alpha value is -4.37. The number of nitrogens with one attached hydrogen (secondary N) is 1. The molecule has 0 spiro atoms. The summed E-state index contributed by atoms with van der Waals surface area (Å²) in [4.78, 5) is 8.68. The molecule has 0 unspecified atom stereocenters. The van der Waals surface area contributed by atoms with E-state index in [-0.39, 0.29) is 6.01 Å². The molecule has 2 aromatic heterocycles. The second-order valence-corrected chi connectivity index (χ2v) is 7.29. The lowest BCUT2D eigenvalue weighted by molar-refractivity contribution is 0.626. The molecule has 0 bridgehead atoms. The number of nitrogens with zero attached hydrogens (tertiary/aromatic N) is 3. The first-order chi connectivity index (χ1) is 15.2. The molecule has 0 fully saturated rings. The number of hydrogen-bond acceptors (Lipinski definition) is 6. The summed E-state index contributed by atoms with van der Waals surface area (Å²) in [6.07, 6.45) is 2.48. The van der Waals surface area contributed by atoms with Crippen LogP contribution in [0.2, 0.25) is 0 Å². The maximum absolute atomic E-state index is 9.64. The van der Waals surface area contributed by atoms with Gasteiger partial charge in [-0.25, -0.2) is 0 Å². The number of nitrogens with two attached hydrogens (primary N) is 1. The Kier molecular flexibility index (Phi) is 4.70. The molecule has 0 saturated heterocycles. The predicted molar refractivity (Wildman–Crippen MR) is 123 cm³/mol. The normalized spacial score (nSPS) is 10.9. The maximum Gasteiger partial charge on any atom is 0.292 e. The molecule has 2 heterocycles. The van der Waals surface area contributed by atoms with Crippen LogP contribution in [0.3, 0.4) is 0 Å². The Bertz CT molecular complexity index is 1430. The van der Waals surface area contributed by atoms with Gasteiger partial charge in [0.15, 0.2) is 5.58 Å². The van der Waals surface area contributed by atoms with E-state index >= 15 is 0 Å². The molecule has 0 aliphatic rings. The van der Waals surface area contributed by atoms with E-state index in [2.05, 4.69) is 39.6 Å². The van der Waals surface area contributed by atoms with Gasteiger partial charge >= 0.3 is 0 Å². The summed E-state index contributed by atoms with van der Waals surface area (Å²) in [6, 6.07) is 24.5. The second-order valence-electron chi connectivity index (χ2n) is 7.29. The van der Waals surface area contributed by atoms with Crippen LogP contribution >= 0.6 is 0 Å². The van der Waals surface area contributed by atoms with Crippen molar-refractivity contribution in [1.29, 1.82) is 5.26 Å².